The molecule has 0 bridgehead atoms. The molecule has 0 aromatic heterocycles. The van der Waals surface area contributed by atoms with Crippen molar-refractivity contribution < 1.29 is 28.2 Å². The number of halogens is 1. The van der Waals surface area contributed by atoms with E-state index in [1.165, 1.54) is 27.8 Å². The summed E-state index contributed by atoms with van der Waals surface area (Å²) in [6.07, 6.45) is -0.996. The summed E-state index contributed by atoms with van der Waals surface area (Å²) in [7, 11) is 1.35. The highest BCUT2D eigenvalue weighted by atomic mass is 19.1. The highest BCUT2D eigenvalue weighted by Crippen LogP contribution is 2.20. The first-order chi connectivity index (χ1) is 11.6. The minimum atomic E-state index is -1.68. The second-order valence-corrected chi connectivity index (χ2v) is 6.38. The number of rotatable bonds is 9. The maximum Gasteiger partial charge on any atom is 0.347 e. The van der Waals surface area contributed by atoms with Gasteiger partial charge in [-0.15, -0.1) is 0 Å². The van der Waals surface area contributed by atoms with Gasteiger partial charge >= 0.3 is 11.9 Å². The first-order valence-electron chi connectivity index (χ1n) is 7.91. The lowest BCUT2D eigenvalue weighted by Gasteiger charge is -2.27. The number of likely N-dealkylation sites (N-methyl/N-ethyl adjacent to an activating group) is 1. The number of carbonyl (C=O) groups excluding carboxylic acids is 3. The van der Waals surface area contributed by atoms with Gasteiger partial charge in [0.25, 0.3) is 0 Å². The maximum absolute atomic E-state index is 13.9. The molecule has 0 fully saturated rings. The summed E-state index contributed by atoms with van der Waals surface area (Å²) in [6, 6.07) is 7.93. The topological polar surface area (TPSA) is 72.9 Å². The number of esters is 2. The van der Waals surface area contributed by atoms with Gasteiger partial charge in [0.05, 0.1) is 0 Å². The van der Waals surface area contributed by atoms with Gasteiger partial charge in [0, 0.05) is 13.5 Å². The lowest BCUT2D eigenvalue weighted by Crippen LogP contribution is -2.44. The van der Waals surface area contributed by atoms with Crippen molar-refractivity contribution in [3.63, 3.8) is 0 Å². The molecule has 0 unspecified atom stereocenters. The Morgan fingerprint density at radius 1 is 1.24 bits per heavy atom. The van der Waals surface area contributed by atoms with E-state index >= 15 is 0 Å². The average molecular weight is 353 g/mol. The third-order valence-corrected chi connectivity index (χ3v) is 3.46. The number of hydrogen-bond acceptors (Lipinski definition) is 5. The van der Waals surface area contributed by atoms with E-state index in [0.717, 1.165) is 10.5 Å². The zero-order valence-electron chi connectivity index (χ0n) is 14.9. The van der Waals surface area contributed by atoms with Crippen molar-refractivity contribution in [3.8, 4) is 0 Å². The van der Waals surface area contributed by atoms with Crippen LogP contribution in [0.3, 0.4) is 0 Å². The molecule has 0 radical (unpaired) electrons. The van der Waals surface area contributed by atoms with Gasteiger partial charge in [-0.25, -0.2) is 14.0 Å². The van der Waals surface area contributed by atoms with Gasteiger partial charge in [-0.2, -0.15) is 0 Å². The highest BCUT2D eigenvalue weighted by Gasteiger charge is 2.33. The van der Waals surface area contributed by atoms with Gasteiger partial charge in [-0.1, -0.05) is 30.3 Å². The van der Waals surface area contributed by atoms with Crippen LogP contribution in [0.5, 0.6) is 0 Å². The Balaban J connectivity index is 2.62. The maximum atomic E-state index is 13.9. The molecule has 0 N–H and O–H groups in total. The molecule has 6 nitrogen and oxygen atoms in total. The van der Waals surface area contributed by atoms with Crippen LogP contribution < -0.4 is 0 Å². The SMILES string of the molecule is C[C@@H](OC(=O)[C@H](CC(C)(C)F)N(C)C=O)C(=O)OCc1ccccc1. The zero-order chi connectivity index (χ0) is 19.0. The fraction of sp³-hybridized carbons (Fsp3) is 0.500. The van der Waals surface area contributed by atoms with Crippen molar-refractivity contribution in [2.24, 2.45) is 0 Å². The van der Waals surface area contributed by atoms with Crippen molar-refractivity contribution in [2.45, 2.75) is 51.6 Å². The van der Waals surface area contributed by atoms with E-state index in [1.54, 1.807) is 12.1 Å². The molecule has 0 heterocycles. The summed E-state index contributed by atoms with van der Waals surface area (Å²) >= 11 is 0. The Kier molecular flexibility index (Phi) is 7.54. The Labute approximate surface area is 146 Å². The van der Waals surface area contributed by atoms with Crippen LogP contribution in [-0.4, -0.2) is 48.1 Å². The minimum Gasteiger partial charge on any atom is -0.458 e. The quantitative estimate of drug-likeness (QED) is 0.503. The van der Waals surface area contributed by atoms with E-state index in [1.807, 2.05) is 18.2 Å². The second kappa shape index (κ2) is 9.15. The van der Waals surface area contributed by atoms with Crippen molar-refractivity contribution in [1.29, 1.82) is 0 Å². The molecule has 0 saturated carbocycles. The number of nitrogens with zero attached hydrogens (tertiary/aromatic N) is 1. The van der Waals surface area contributed by atoms with Crippen LogP contribution in [0.4, 0.5) is 4.39 Å². The number of alkyl halides is 1. The standard InChI is InChI=1S/C18H24FNO5/c1-13(16(22)24-11-14-8-6-5-7-9-14)25-17(23)15(20(4)12-21)10-18(2,3)19/h5-9,12-13,15H,10-11H2,1-4H3/t13-,15+/m1/s1. The minimum absolute atomic E-state index is 0.0523. The number of ether oxygens (including phenoxy) is 2. The van der Waals surface area contributed by atoms with Gasteiger partial charge in [-0.3, -0.25) is 4.79 Å². The molecule has 1 rings (SSSR count). The van der Waals surface area contributed by atoms with E-state index in [9.17, 15) is 18.8 Å². The molecule has 138 valence electrons. The number of carbonyl (C=O) groups is 3. The van der Waals surface area contributed by atoms with Gasteiger partial charge in [0.15, 0.2) is 6.10 Å². The molecule has 0 aliphatic rings. The third-order valence-electron chi connectivity index (χ3n) is 3.46. The third kappa shape index (κ3) is 7.32. The van der Waals surface area contributed by atoms with E-state index < -0.39 is 29.8 Å². The molecule has 0 spiro atoms. The normalized spacial score (nSPS) is 13.5. The van der Waals surface area contributed by atoms with Crippen LogP contribution in [0.1, 0.15) is 32.8 Å². The fourth-order valence-electron chi connectivity index (χ4n) is 2.07. The van der Waals surface area contributed by atoms with Crippen molar-refractivity contribution in [3.05, 3.63) is 35.9 Å². The second-order valence-electron chi connectivity index (χ2n) is 6.38. The summed E-state index contributed by atoms with van der Waals surface area (Å²) in [5.41, 5.74) is -0.884. The van der Waals surface area contributed by atoms with Gasteiger partial charge in [0.2, 0.25) is 6.41 Å². The predicted octanol–water partition coefficient (Wildman–Crippen LogP) is 2.26. The van der Waals surface area contributed by atoms with E-state index in [2.05, 4.69) is 0 Å². The summed E-state index contributed by atoms with van der Waals surface area (Å²) in [5.74, 6) is -1.58. The molecular weight excluding hydrogens is 329 g/mol. The van der Waals surface area contributed by atoms with E-state index in [4.69, 9.17) is 9.47 Å². The van der Waals surface area contributed by atoms with Crippen LogP contribution in [-0.2, 0) is 30.5 Å². The fourth-order valence-corrected chi connectivity index (χ4v) is 2.07. The summed E-state index contributed by atoms with van der Waals surface area (Å²) in [5, 5.41) is 0. The van der Waals surface area contributed by atoms with Gasteiger partial charge < -0.3 is 14.4 Å². The van der Waals surface area contributed by atoms with Crippen LogP contribution >= 0.6 is 0 Å². The van der Waals surface area contributed by atoms with Crippen molar-refractivity contribution >= 4 is 18.3 Å². The summed E-state index contributed by atoms with van der Waals surface area (Å²) < 4.78 is 24.0. The van der Waals surface area contributed by atoms with Gasteiger partial charge in [0.1, 0.15) is 18.3 Å². The lowest BCUT2D eigenvalue weighted by molar-refractivity contribution is -0.171. The number of benzene rings is 1. The molecule has 7 heteroatoms. The molecule has 2 atom stereocenters. The number of hydrogen-bond donors (Lipinski definition) is 0. The molecule has 1 aromatic carbocycles. The van der Waals surface area contributed by atoms with Crippen molar-refractivity contribution in [1.82, 2.24) is 4.90 Å². The molecule has 0 saturated heterocycles. The Bertz CT molecular complexity index is 585. The highest BCUT2D eigenvalue weighted by molar-refractivity contribution is 5.82. The van der Waals surface area contributed by atoms with Gasteiger partial charge in [-0.05, 0) is 26.3 Å². The number of amides is 1. The largest absolute Gasteiger partial charge is 0.458 e. The molecule has 0 aliphatic carbocycles. The van der Waals surface area contributed by atoms with Crippen LogP contribution in [0, 0.1) is 0 Å². The average Bonchev–Trinajstić information content (AvgIpc) is 2.56. The summed E-state index contributed by atoms with van der Waals surface area (Å²) in [6.45, 7) is 4.01. The van der Waals surface area contributed by atoms with Crippen LogP contribution in [0.15, 0.2) is 30.3 Å². The van der Waals surface area contributed by atoms with Crippen molar-refractivity contribution in [2.75, 3.05) is 7.05 Å². The molecule has 0 aliphatic heterocycles. The molecular formula is C18H24FNO5. The van der Waals surface area contributed by atoms with E-state index in [-0.39, 0.29) is 13.0 Å². The Morgan fingerprint density at radius 2 is 1.84 bits per heavy atom. The predicted molar refractivity (Wildman–Crippen MR) is 89.2 cm³/mol. The molecule has 1 aromatic rings. The monoisotopic (exact) mass is 353 g/mol. The molecule has 1 amide bonds. The first-order valence-corrected chi connectivity index (χ1v) is 7.91. The smallest absolute Gasteiger partial charge is 0.347 e. The Hall–Kier alpha value is -2.44. The van der Waals surface area contributed by atoms with Crippen LogP contribution in [0.2, 0.25) is 0 Å². The Morgan fingerprint density at radius 3 is 2.36 bits per heavy atom. The molecule has 25 heavy (non-hydrogen) atoms. The lowest BCUT2D eigenvalue weighted by atomic mass is 10.00. The zero-order valence-corrected chi connectivity index (χ0v) is 14.9. The van der Waals surface area contributed by atoms with E-state index in [0.29, 0.717) is 6.41 Å². The van der Waals surface area contributed by atoms with Crippen LogP contribution in [0.25, 0.3) is 0 Å². The first kappa shape index (κ1) is 20.6. The summed E-state index contributed by atoms with van der Waals surface area (Å²) in [4.78, 5) is 36.1.